The Balaban J connectivity index is 2.14. The van der Waals surface area contributed by atoms with Crippen molar-refractivity contribution in [2.24, 2.45) is 0 Å². The van der Waals surface area contributed by atoms with Crippen molar-refractivity contribution in [3.05, 3.63) is 0 Å². The van der Waals surface area contributed by atoms with Gasteiger partial charge in [-0.2, -0.15) is 0 Å². The number of hydrogen-bond acceptors (Lipinski definition) is 3. The van der Waals surface area contributed by atoms with Gasteiger partial charge in [-0.1, -0.05) is 12.8 Å². The smallest absolute Gasteiger partial charge is 0.221 e. The second kappa shape index (κ2) is 6.86. The molecule has 0 aromatic heterocycles. The topological polar surface area (TPSA) is 52.6 Å². The Hall–Kier alpha value is -0.610. The van der Waals surface area contributed by atoms with Crippen molar-refractivity contribution in [2.45, 2.75) is 51.1 Å². The van der Waals surface area contributed by atoms with Gasteiger partial charge in [0.15, 0.2) is 0 Å². The number of rotatable bonds is 6. The summed E-state index contributed by atoms with van der Waals surface area (Å²) >= 11 is 0. The molecule has 1 aliphatic rings. The molecule has 1 unspecified atom stereocenters. The first-order valence-corrected chi connectivity index (χ1v) is 6.24. The molecule has 1 amide bonds. The highest BCUT2D eigenvalue weighted by Crippen LogP contribution is 2.17. The Morgan fingerprint density at radius 1 is 1.50 bits per heavy atom. The Bertz CT molecular complexity index is 215. The molecule has 1 fully saturated rings. The van der Waals surface area contributed by atoms with Crippen LogP contribution < -0.4 is 5.32 Å². The van der Waals surface area contributed by atoms with E-state index in [0.717, 1.165) is 12.8 Å². The van der Waals surface area contributed by atoms with E-state index in [4.69, 9.17) is 5.11 Å². The summed E-state index contributed by atoms with van der Waals surface area (Å²) in [5, 5.41) is 12.0. The molecule has 1 aliphatic carbocycles. The number of amides is 1. The van der Waals surface area contributed by atoms with Crippen LogP contribution in [0.15, 0.2) is 0 Å². The molecule has 0 heterocycles. The van der Waals surface area contributed by atoms with E-state index < -0.39 is 0 Å². The number of nitrogens with one attached hydrogen (secondary N) is 1. The van der Waals surface area contributed by atoms with Crippen LogP contribution in [0.4, 0.5) is 0 Å². The molecule has 4 heteroatoms. The Morgan fingerprint density at radius 3 is 2.69 bits per heavy atom. The van der Waals surface area contributed by atoms with E-state index in [0.29, 0.717) is 19.0 Å². The molecular formula is C12H24N2O2. The Labute approximate surface area is 98.0 Å². The van der Waals surface area contributed by atoms with Crippen molar-refractivity contribution in [2.75, 3.05) is 20.2 Å². The van der Waals surface area contributed by atoms with Gasteiger partial charge in [-0.3, -0.25) is 4.79 Å². The monoisotopic (exact) mass is 228 g/mol. The van der Waals surface area contributed by atoms with Crippen LogP contribution in [0.2, 0.25) is 0 Å². The molecule has 94 valence electrons. The fourth-order valence-corrected chi connectivity index (χ4v) is 2.01. The molecule has 4 nitrogen and oxygen atoms in total. The average Bonchev–Trinajstić information content (AvgIpc) is 2.77. The van der Waals surface area contributed by atoms with Crippen molar-refractivity contribution < 1.29 is 9.90 Å². The number of hydrogen-bond donors (Lipinski definition) is 2. The zero-order valence-corrected chi connectivity index (χ0v) is 10.4. The van der Waals surface area contributed by atoms with E-state index in [1.54, 1.807) is 0 Å². The second-order valence-electron chi connectivity index (χ2n) is 4.81. The van der Waals surface area contributed by atoms with Crippen molar-refractivity contribution in [3.8, 4) is 0 Å². The number of aliphatic hydroxyl groups excluding tert-OH is 1. The van der Waals surface area contributed by atoms with E-state index in [-0.39, 0.29) is 18.6 Å². The lowest BCUT2D eigenvalue weighted by Crippen LogP contribution is -2.38. The van der Waals surface area contributed by atoms with Gasteiger partial charge >= 0.3 is 0 Å². The molecule has 0 spiro atoms. The number of carbonyl (C=O) groups is 1. The predicted octanol–water partition coefficient (Wildman–Crippen LogP) is 0.748. The summed E-state index contributed by atoms with van der Waals surface area (Å²) in [5.74, 6) is 0.142. The molecule has 1 atom stereocenters. The summed E-state index contributed by atoms with van der Waals surface area (Å²) in [4.78, 5) is 13.6. The highest BCUT2D eigenvalue weighted by Gasteiger charge is 2.17. The van der Waals surface area contributed by atoms with Gasteiger partial charge < -0.3 is 15.3 Å². The predicted molar refractivity (Wildman–Crippen MR) is 64.2 cm³/mol. The summed E-state index contributed by atoms with van der Waals surface area (Å²) in [5.41, 5.74) is 0. The van der Waals surface area contributed by atoms with Crippen LogP contribution >= 0.6 is 0 Å². The SMILES string of the molecule is CC(CO)N(C)CCC(=O)NC1CCCC1. The molecule has 16 heavy (non-hydrogen) atoms. The van der Waals surface area contributed by atoms with E-state index in [9.17, 15) is 4.79 Å². The third kappa shape index (κ3) is 4.49. The van der Waals surface area contributed by atoms with Crippen LogP contribution in [0.25, 0.3) is 0 Å². The Morgan fingerprint density at radius 2 is 2.12 bits per heavy atom. The quantitative estimate of drug-likeness (QED) is 0.705. The highest BCUT2D eigenvalue weighted by molar-refractivity contribution is 5.76. The Kier molecular flexibility index (Phi) is 5.77. The fraction of sp³-hybridized carbons (Fsp3) is 0.917. The van der Waals surface area contributed by atoms with Gasteiger partial charge in [-0.15, -0.1) is 0 Å². The van der Waals surface area contributed by atoms with Gasteiger partial charge in [0, 0.05) is 25.0 Å². The molecule has 1 saturated carbocycles. The van der Waals surface area contributed by atoms with Crippen molar-refractivity contribution in [1.29, 1.82) is 0 Å². The van der Waals surface area contributed by atoms with Gasteiger partial charge in [-0.25, -0.2) is 0 Å². The van der Waals surface area contributed by atoms with Crippen molar-refractivity contribution in [1.82, 2.24) is 10.2 Å². The first kappa shape index (κ1) is 13.5. The number of aliphatic hydroxyl groups is 1. The molecule has 0 radical (unpaired) electrons. The number of carbonyl (C=O) groups excluding carboxylic acids is 1. The van der Waals surface area contributed by atoms with Gasteiger partial charge in [-0.05, 0) is 26.8 Å². The van der Waals surface area contributed by atoms with Crippen LogP contribution in [-0.4, -0.2) is 48.2 Å². The van der Waals surface area contributed by atoms with Crippen LogP contribution in [-0.2, 0) is 4.79 Å². The van der Waals surface area contributed by atoms with E-state index in [1.165, 1.54) is 12.8 Å². The fourth-order valence-electron chi connectivity index (χ4n) is 2.01. The molecule has 1 rings (SSSR count). The standard InChI is InChI=1S/C12H24N2O2/c1-10(9-15)14(2)8-7-12(16)13-11-5-3-4-6-11/h10-11,15H,3-9H2,1-2H3,(H,13,16). The lowest BCUT2D eigenvalue weighted by molar-refractivity contribution is -0.122. The van der Waals surface area contributed by atoms with E-state index in [1.807, 2.05) is 18.9 Å². The van der Waals surface area contributed by atoms with Crippen LogP contribution in [0.3, 0.4) is 0 Å². The molecule has 0 aromatic carbocycles. The lowest BCUT2D eigenvalue weighted by Gasteiger charge is -2.22. The zero-order chi connectivity index (χ0) is 12.0. The average molecular weight is 228 g/mol. The maximum atomic E-state index is 11.6. The maximum Gasteiger partial charge on any atom is 0.221 e. The normalized spacial score (nSPS) is 19.0. The zero-order valence-electron chi connectivity index (χ0n) is 10.4. The van der Waals surface area contributed by atoms with Crippen LogP contribution in [0, 0.1) is 0 Å². The summed E-state index contributed by atoms with van der Waals surface area (Å²) < 4.78 is 0. The van der Waals surface area contributed by atoms with Gasteiger partial charge in [0.2, 0.25) is 5.91 Å². The molecule has 0 aromatic rings. The first-order valence-electron chi connectivity index (χ1n) is 6.24. The molecular weight excluding hydrogens is 204 g/mol. The molecule has 0 aliphatic heterocycles. The minimum atomic E-state index is 0.124. The van der Waals surface area contributed by atoms with Crippen LogP contribution in [0.1, 0.15) is 39.0 Å². The van der Waals surface area contributed by atoms with Crippen LogP contribution in [0.5, 0.6) is 0 Å². The highest BCUT2D eigenvalue weighted by atomic mass is 16.3. The van der Waals surface area contributed by atoms with E-state index >= 15 is 0 Å². The minimum Gasteiger partial charge on any atom is -0.395 e. The molecule has 0 bridgehead atoms. The van der Waals surface area contributed by atoms with E-state index in [2.05, 4.69) is 5.32 Å². The first-order chi connectivity index (χ1) is 7.63. The molecule has 0 saturated heterocycles. The van der Waals surface area contributed by atoms with Gasteiger partial charge in [0.05, 0.1) is 6.61 Å². The third-order valence-corrected chi connectivity index (χ3v) is 3.43. The van der Waals surface area contributed by atoms with Gasteiger partial charge in [0.25, 0.3) is 0 Å². The maximum absolute atomic E-state index is 11.6. The summed E-state index contributed by atoms with van der Waals surface area (Å²) in [6.45, 7) is 2.80. The number of nitrogens with zero attached hydrogens (tertiary/aromatic N) is 1. The van der Waals surface area contributed by atoms with Crippen molar-refractivity contribution in [3.63, 3.8) is 0 Å². The molecule has 2 N–H and O–H groups in total. The third-order valence-electron chi connectivity index (χ3n) is 3.43. The summed E-state index contributed by atoms with van der Waals surface area (Å²) in [6.07, 6.45) is 5.28. The number of likely N-dealkylation sites (N-methyl/N-ethyl adjacent to an activating group) is 1. The lowest BCUT2D eigenvalue weighted by atomic mass is 10.2. The minimum absolute atomic E-state index is 0.124. The summed E-state index contributed by atoms with van der Waals surface area (Å²) in [7, 11) is 1.93. The largest absolute Gasteiger partial charge is 0.395 e. The van der Waals surface area contributed by atoms with Gasteiger partial charge in [0.1, 0.15) is 0 Å². The summed E-state index contributed by atoms with van der Waals surface area (Å²) in [6, 6.07) is 0.535. The van der Waals surface area contributed by atoms with Crippen molar-refractivity contribution >= 4 is 5.91 Å². The second-order valence-corrected chi connectivity index (χ2v) is 4.81.